The Morgan fingerprint density at radius 3 is 3.00 bits per heavy atom. The van der Waals surface area contributed by atoms with Gasteiger partial charge in [-0.15, -0.1) is 0 Å². The average molecular weight is 169 g/mol. The molecule has 0 atom stereocenters. The molecule has 2 N–H and O–H groups in total. The molecule has 4 heteroatoms. The van der Waals surface area contributed by atoms with Crippen LogP contribution in [0.5, 0.6) is 0 Å². The van der Waals surface area contributed by atoms with Crippen LogP contribution in [0, 0.1) is 5.41 Å². The van der Waals surface area contributed by atoms with Crippen molar-refractivity contribution < 1.29 is 4.79 Å². The fraction of sp³-hybridized carbons (Fsp3) is 0.750. The van der Waals surface area contributed by atoms with Gasteiger partial charge in [0.2, 0.25) is 5.91 Å². The van der Waals surface area contributed by atoms with E-state index in [1.165, 1.54) is 0 Å². The summed E-state index contributed by atoms with van der Waals surface area (Å²) >= 11 is 0. The number of nitrogens with one attached hydrogen (secondary N) is 2. The highest BCUT2D eigenvalue weighted by Gasteiger charge is 2.16. The van der Waals surface area contributed by atoms with Crippen LogP contribution in [0.1, 0.15) is 19.3 Å². The Hall–Kier alpha value is -1.06. The molecule has 0 spiro atoms. The van der Waals surface area contributed by atoms with Gasteiger partial charge in [0.1, 0.15) is 0 Å². The second-order valence-corrected chi connectivity index (χ2v) is 2.96. The Morgan fingerprint density at radius 1 is 1.75 bits per heavy atom. The van der Waals surface area contributed by atoms with Crippen molar-refractivity contribution in [3.8, 4) is 0 Å². The predicted molar refractivity (Wildman–Crippen MR) is 47.2 cm³/mol. The topological polar surface area (TPSA) is 56.2 Å². The summed E-state index contributed by atoms with van der Waals surface area (Å²) in [5.74, 6) is 0.730. The molecule has 0 saturated carbocycles. The van der Waals surface area contributed by atoms with Crippen molar-refractivity contribution in [2.45, 2.75) is 19.3 Å². The van der Waals surface area contributed by atoms with Crippen LogP contribution in [0.4, 0.5) is 0 Å². The predicted octanol–water partition coefficient (Wildman–Crippen LogP) is 0.196. The molecule has 1 amide bonds. The largest absolute Gasteiger partial charge is 0.360 e. The molecule has 1 saturated heterocycles. The number of likely N-dealkylation sites (tertiary alicyclic amines) is 1. The molecule has 0 bridgehead atoms. The Balaban J connectivity index is 2.22. The highest BCUT2D eigenvalue weighted by Crippen LogP contribution is 2.09. The monoisotopic (exact) mass is 169 g/mol. The van der Waals surface area contributed by atoms with E-state index in [2.05, 4.69) is 5.32 Å². The average Bonchev–Trinajstić information content (AvgIpc) is 2.47. The first-order valence-corrected chi connectivity index (χ1v) is 4.27. The van der Waals surface area contributed by atoms with Crippen molar-refractivity contribution in [1.82, 2.24) is 10.2 Å². The molecule has 0 unspecified atom stereocenters. The molecular weight excluding hydrogens is 154 g/mol. The van der Waals surface area contributed by atoms with E-state index < -0.39 is 0 Å². The van der Waals surface area contributed by atoms with Crippen LogP contribution in [0.15, 0.2) is 0 Å². The van der Waals surface area contributed by atoms with Crippen LogP contribution < -0.4 is 5.32 Å². The van der Waals surface area contributed by atoms with E-state index in [-0.39, 0.29) is 5.91 Å². The minimum absolute atomic E-state index is 0.0506. The number of carbonyl (C=O) groups excluding carboxylic acids is 1. The molecular formula is C8H15N3O. The van der Waals surface area contributed by atoms with Crippen molar-refractivity contribution >= 4 is 11.7 Å². The first kappa shape index (κ1) is 9.03. The third-order valence-corrected chi connectivity index (χ3v) is 2.11. The Bertz CT molecular complexity index is 191. The van der Waals surface area contributed by atoms with Gasteiger partial charge < -0.3 is 10.2 Å². The lowest BCUT2D eigenvalue weighted by atomic mass is 10.3. The number of amidine groups is 1. The molecule has 1 aliphatic rings. The van der Waals surface area contributed by atoms with Gasteiger partial charge in [-0.05, 0) is 6.42 Å². The lowest BCUT2D eigenvalue weighted by Gasteiger charge is -2.16. The van der Waals surface area contributed by atoms with E-state index >= 15 is 0 Å². The van der Waals surface area contributed by atoms with Crippen LogP contribution in [0.25, 0.3) is 0 Å². The van der Waals surface area contributed by atoms with Gasteiger partial charge in [0, 0.05) is 33.0 Å². The number of amides is 1. The zero-order valence-electron chi connectivity index (χ0n) is 7.39. The standard InChI is InChI=1S/C8H15N3O/c1-10-8(12)4-6-11-5-2-3-7(11)9/h9H,2-6H2,1H3,(H,10,12). The summed E-state index contributed by atoms with van der Waals surface area (Å²) in [7, 11) is 1.64. The maximum absolute atomic E-state index is 10.9. The molecule has 0 aromatic heterocycles. The van der Waals surface area contributed by atoms with E-state index in [1.807, 2.05) is 4.90 Å². The van der Waals surface area contributed by atoms with E-state index in [9.17, 15) is 4.79 Å². The summed E-state index contributed by atoms with van der Waals surface area (Å²) in [6, 6.07) is 0. The first-order valence-electron chi connectivity index (χ1n) is 4.27. The molecule has 1 heterocycles. The molecule has 12 heavy (non-hydrogen) atoms. The van der Waals surface area contributed by atoms with Gasteiger partial charge in [0.05, 0.1) is 5.84 Å². The van der Waals surface area contributed by atoms with Gasteiger partial charge >= 0.3 is 0 Å². The Morgan fingerprint density at radius 2 is 2.50 bits per heavy atom. The maximum atomic E-state index is 10.9. The Labute approximate surface area is 72.4 Å². The smallest absolute Gasteiger partial charge is 0.221 e. The molecule has 68 valence electrons. The zero-order valence-corrected chi connectivity index (χ0v) is 7.39. The van der Waals surface area contributed by atoms with Crippen molar-refractivity contribution in [2.24, 2.45) is 0 Å². The van der Waals surface area contributed by atoms with Gasteiger partial charge in [-0.3, -0.25) is 10.2 Å². The number of carbonyl (C=O) groups is 1. The fourth-order valence-corrected chi connectivity index (χ4v) is 1.34. The highest BCUT2D eigenvalue weighted by atomic mass is 16.1. The van der Waals surface area contributed by atoms with Crippen LogP contribution >= 0.6 is 0 Å². The zero-order chi connectivity index (χ0) is 8.97. The SMILES string of the molecule is CNC(=O)CCN1CCCC1=N. The van der Waals surface area contributed by atoms with Gasteiger partial charge in [-0.25, -0.2) is 0 Å². The summed E-state index contributed by atoms with van der Waals surface area (Å²) in [6.07, 6.45) is 2.43. The lowest BCUT2D eigenvalue weighted by Crippen LogP contribution is -2.29. The molecule has 1 fully saturated rings. The van der Waals surface area contributed by atoms with Crippen molar-refractivity contribution in [2.75, 3.05) is 20.1 Å². The summed E-state index contributed by atoms with van der Waals surface area (Å²) in [4.78, 5) is 12.8. The second-order valence-electron chi connectivity index (χ2n) is 2.96. The van der Waals surface area contributed by atoms with Gasteiger partial charge in [0.15, 0.2) is 0 Å². The summed E-state index contributed by atoms with van der Waals surface area (Å²) in [5, 5.41) is 10.1. The second kappa shape index (κ2) is 4.09. The number of rotatable bonds is 3. The molecule has 4 nitrogen and oxygen atoms in total. The summed E-state index contributed by atoms with van der Waals surface area (Å²) in [6.45, 7) is 1.63. The number of hydrogen-bond donors (Lipinski definition) is 2. The van der Waals surface area contributed by atoms with E-state index in [0.717, 1.165) is 19.4 Å². The van der Waals surface area contributed by atoms with Gasteiger partial charge in [0.25, 0.3) is 0 Å². The molecule has 1 aliphatic heterocycles. The van der Waals surface area contributed by atoms with Crippen LogP contribution in [-0.4, -0.2) is 36.8 Å². The molecule has 0 aliphatic carbocycles. The normalized spacial score (nSPS) is 16.8. The first-order chi connectivity index (χ1) is 5.74. The summed E-state index contributed by atoms with van der Waals surface area (Å²) < 4.78 is 0. The molecule has 0 aromatic carbocycles. The third-order valence-electron chi connectivity index (χ3n) is 2.11. The Kier molecular flexibility index (Phi) is 3.08. The van der Waals surface area contributed by atoms with Crippen molar-refractivity contribution in [3.05, 3.63) is 0 Å². The third kappa shape index (κ3) is 2.22. The fourth-order valence-electron chi connectivity index (χ4n) is 1.34. The van der Waals surface area contributed by atoms with Crippen molar-refractivity contribution in [3.63, 3.8) is 0 Å². The van der Waals surface area contributed by atoms with Gasteiger partial charge in [-0.2, -0.15) is 0 Å². The molecule has 1 rings (SSSR count). The van der Waals surface area contributed by atoms with Gasteiger partial charge in [-0.1, -0.05) is 0 Å². The minimum Gasteiger partial charge on any atom is -0.360 e. The van der Waals surface area contributed by atoms with E-state index in [0.29, 0.717) is 18.8 Å². The van der Waals surface area contributed by atoms with Crippen LogP contribution in [0.3, 0.4) is 0 Å². The van der Waals surface area contributed by atoms with E-state index in [4.69, 9.17) is 5.41 Å². The highest BCUT2D eigenvalue weighted by molar-refractivity contribution is 5.82. The van der Waals surface area contributed by atoms with Crippen LogP contribution in [-0.2, 0) is 4.79 Å². The van der Waals surface area contributed by atoms with Crippen molar-refractivity contribution in [1.29, 1.82) is 5.41 Å². The van der Waals surface area contributed by atoms with Crippen LogP contribution in [0.2, 0.25) is 0 Å². The van der Waals surface area contributed by atoms with E-state index in [1.54, 1.807) is 7.05 Å². The summed E-state index contributed by atoms with van der Waals surface area (Å²) in [5.41, 5.74) is 0. The quantitative estimate of drug-likeness (QED) is 0.634. The maximum Gasteiger partial charge on any atom is 0.221 e. The number of hydrogen-bond acceptors (Lipinski definition) is 2. The number of nitrogens with zero attached hydrogens (tertiary/aromatic N) is 1. The molecule has 0 radical (unpaired) electrons. The lowest BCUT2D eigenvalue weighted by molar-refractivity contribution is -0.120. The minimum atomic E-state index is 0.0506. The molecule has 0 aromatic rings.